The van der Waals surface area contributed by atoms with Crippen LogP contribution in [0.3, 0.4) is 0 Å². The number of anilines is 1. The Morgan fingerprint density at radius 3 is 2.77 bits per heavy atom. The van der Waals surface area contributed by atoms with Gasteiger partial charge in [-0.1, -0.05) is 42.5 Å². The molecule has 0 unspecified atom stereocenters. The van der Waals surface area contributed by atoms with Crippen molar-refractivity contribution >= 4 is 22.2 Å². The van der Waals surface area contributed by atoms with Gasteiger partial charge in [-0.15, -0.1) is 6.58 Å². The standard InChI is InChI=1S/C19H18N4O3/c1-3-11-23-18(25)16(17(24)20-19(23)26)12(2)21-22-15-10-6-8-13-7-4-5-9-14(13)15/h3-10,22,25H,1,11H2,2H3,(H,20,24,26). The summed E-state index contributed by atoms with van der Waals surface area (Å²) in [5.41, 5.74) is 2.46. The lowest BCUT2D eigenvalue weighted by atomic mass is 10.1. The van der Waals surface area contributed by atoms with Gasteiger partial charge >= 0.3 is 5.69 Å². The number of aromatic hydroxyl groups is 1. The van der Waals surface area contributed by atoms with Gasteiger partial charge in [0, 0.05) is 11.9 Å². The molecule has 0 aliphatic carbocycles. The van der Waals surface area contributed by atoms with Crippen LogP contribution in [0.25, 0.3) is 10.8 Å². The number of nitrogens with zero attached hydrogens (tertiary/aromatic N) is 2. The van der Waals surface area contributed by atoms with Crippen LogP contribution < -0.4 is 16.7 Å². The number of allylic oxidation sites excluding steroid dienone is 1. The lowest BCUT2D eigenvalue weighted by Gasteiger charge is -2.10. The molecule has 2 aromatic carbocycles. The van der Waals surface area contributed by atoms with Crippen molar-refractivity contribution in [2.24, 2.45) is 5.10 Å². The van der Waals surface area contributed by atoms with Crippen molar-refractivity contribution in [2.75, 3.05) is 5.43 Å². The molecule has 0 fully saturated rings. The van der Waals surface area contributed by atoms with E-state index in [2.05, 4.69) is 22.1 Å². The zero-order valence-electron chi connectivity index (χ0n) is 14.2. The monoisotopic (exact) mass is 350 g/mol. The van der Waals surface area contributed by atoms with Gasteiger partial charge in [-0.3, -0.25) is 19.8 Å². The number of hydrogen-bond acceptors (Lipinski definition) is 5. The van der Waals surface area contributed by atoms with Crippen molar-refractivity contribution in [3.05, 3.63) is 81.5 Å². The molecular weight excluding hydrogens is 332 g/mol. The second-order valence-corrected chi connectivity index (χ2v) is 5.69. The van der Waals surface area contributed by atoms with E-state index in [-0.39, 0.29) is 17.8 Å². The molecule has 1 aromatic heterocycles. The Hall–Kier alpha value is -3.61. The number of benzene rings is 2. The number of nitrogens with one attached hydrogen (secondary N) is 2. The minimum absolute atomic E-state index is 0.0679. The molecule has 7 nitrogen and oxygen atoms in total. The third-order valence-electron chi connectivity index (χ3n) is 3.98. The molecule has 3 rings (SSSR count). The molecule has 0 saturated carbocycles. The van der Waals surface area contributed by atoms with Crippen LogP contribution >= 0.6 is 0 Å². The molecule has 0 spiro atoms. The van der Waals surface area contributed by atoms with E-state index in [1.807, 2.05) is 42.5 Å². The van der Waals surface area contributed by atoms with Crippen molar-refractivity contribution in [2.45, 2.75) is 13.5 Å². The summed E-state index contributed by atoms with van der Waals surface area (Å²) in [6.07, 6.45) is 1.45. The first kappa shape index (κ1) is 17.2. The van der Waals surface area contributed by atoms with Gasteiger partial charge in [-0.2, -0.15) is 5.10 Å². The smallest absolute Gasteiger partial charge is 0.331 e. The van der Waals surface area contributed by atoms with E-state index in [9.17, 15) is 14.7 Å². The minimum atomic E-state index is -0.703. The maximum atomic E-state index is 12.1. The highest BCUT2D eigenvalue weighted by molar-refractivity contribution is 6.01. The van der Waals surface area contributed by atoms with E-state index in [4.69, 9.17) is 0 Å². The van der Waals surface area contributed by atoms with Crippen LogP contribution in [0.5, 0.6) is 5.88 Å². The third kappa shape index (κ3) is 3.14. The van der Waals surface area contributed by atoms with Crippen LogP contribution in [0.2, 0.25) is 0 Å². The Morgan fingerprint density at radius 2 is 2.00 bits per heavy atom. The molecule has 132 valence electrons. The largest absolute Gasteiger partial charge is 0.494 e. The van der Waals surface area contributed by atoms with Crippen molar-refractivity contribution < 1.29 is 5.11 Å². The molecule has 1 heterocycles. The normalized spacial score (nSPS) is 11.5. The topological polar surface area (TPSA) is 99.5 Å². The predicted octanol–water partition coefficient (Wildman–Crippen LogP) is 2.42. The second kappa shape index (κ2) is 7.10. The van der Waals surface area contributed by atoms with Gasteiger partial charge in [0.15, 0.2) is 0 Å². The molecule has 0 aliphatic rings. The molecule has 0 atom stereocenters. The minimum Gasteiger partial charge on any atom is -0.494 e. The second-order valence-electron chi connectivity index (χ2n) is 5.69. The quantitative estimate of drug-likeness (QED) is 0.374. The molecule has 3 aromatic rings. The summed E-state index contributed by atoms with van der Waals surface area (Å²) < 4.78 is 1.01. The summed E-state index contributed by atoms with van der Waals surface area (Å²) in [5, 5.41) is 16.5. The molecule has 0 aliphatic heterocycles. The van der Waals surface area contributed by atoms with Gasteiger partial charge in [-0.05, 0) is 18.4 Å². The summed E-state index contributed by atoms with van der Waals surface area (Å²) in [5.74, 6) is -0.445. The van der Waals surface area contributed by atoms with Crippen LogP contribution in [-0.4, -0.2) is 20.4 Å². The Bertz CT molecular complexity index is 1120. The van der Waals surface area contributed by atoms with E-state index in [1.165, 1.54) is 6.08 Å². The molecule has 0 radical (unpaired) electrons. The van der Waals surface area contributed by atoms with Crippen LogP contribution in [0.4, 0.5) is 5.69 Å². The van der Waals surface area contributed by atoms with Crippen molar-refractivity contribution in [3.63, 3.8) is 0 Å². The molecule has 26 heavy (non-hydrogen) atoms. The highest BCUT2D eigenvalue weighted by Crippen LogP contribution is 2.23. The molecule has 3 N–H and O–H groups in total. The number of aromatic nitrogens is 2. The lowest BCUT2D eigenvalue weighted by molar-refractivity contribution is 0.409. The first-order chi connectivity index (χ1) is 12.5. The first-order valence-electron chi connectivity index (χ1n) is 7.98. The Labute approximate surface area is 148 Å². The zero-order valence-corrected chi connectivity index (χ0v) is 14.2. The van der Waals surface area contributed by atoms with E-state index < -0.39 is 17.1 Å². The van der Waals surface area contributed by atoms with Gasteiger partial charge in [0.05, 0.1) is 11.4 Å². The highest BCUT2D eigenvalue weighted by Gasteiger charge is 2.16. The molecule has 0 saturated heterocycles. The number of fused-ring (bicyclic) bond motifs is 1. The maximum absolute atomic E-state index is 12.1. The lowest BCUT2D eigenvalue weighted by Crippen LogP contribution is -2.33. The summed E-state index contributed by atoms with van der Waals surface area (Å²) in [4.78, 5) is 26.1. The van der Waals surface area contributed by atoms with Gasteiger partial charge < -0.3 is 5.11 Å². The fraction of sp³-hybridized carbons (Fsp3) is 0.105. The van der Waals surface area contributed by atoms with Crippen LogP contribution in [0, 0.1) is 0 Å². The summed E-state index contributed by atoms with van der Waals surface area (Å²) in [7, 11) is 0. The van der Waals surface area contributed by atoms with Gasteiger partial charge in [0.25, 0.3) is 5.56 Å². The van der Waals surface area contributed by atoms with E-state index >= 15 is 0 Å². The fourth-order valence-electron chi connectivity index (χ4n) is 2.71. The highest BCUT2D eigenvalue weighted by atomic mass is 16.3. The number of rotatable bonds is 5. The van der Waals surface area contributed by atoms with Gasteiger partial charge in [0.2, 0.25) is 5.88 Å². The summed E-state index contributed by atoms with van der Waals surface area (Å²) in [6.45, 7) is 5.18. The predicted molar refractivity (Wildman–Crippen MR) is 103 cm³/mol. The first-order valence-corrected chi connectivity index (χ1v) is 7.98. The average Bonchev–Trinajstić information content (AvgIpc) is 2.63. The third-order valence-corrected chi connectivity index (χ3v) is 3.98. The molecule has 7 heteroatoms. The average molecular weight is 350 g/mol. The zero-order chi connectivity index (χ0) is 18.7. The fourth-order valence-corrected chi connectivity index (χ4v) is 2.71. The van der Waals surface area contributed by atoms with E-state index in [1.54, 1.807) is 6.92 Å². The Kier molecular flexibility index (Phi) is 4.70. The van der Waals surface area contributed by atoms with Crippen molar-refractivity contribution in [3.8, 4) is 5.88 Å². The number of hydrogen-bond donors (Lipinski definition) is 3. The number of hydrazone groups is 1. The Balaban J connectivity index is 2.03. The number of aromatic amines is 1. The van der Waals surface area contributed by atoms with Crippen LogP contribution in [-0.2, 0) is 6.54 Å². The summed E-state index contributed by atoms with van der Waals surface area (Å²) in [6, 6.07) is 13.5. The van der Waals surface area contributed by atoms with Crippen molar-refractivity contribution in [1.82, 2.24) is 9.55 Å². The van der Waals surface area contributed by atoms with Crippen LogP contribution in [0.15, 0.2) is 69.8 Å². The SMILES string of the molecule is C=CCn1c(O)c(C(C)=NNc2cccc3ccccc23)c(=O)[nH]c1=O. The Morgan fingerprint density at radius 1 is 1.27 bits per heavy atom. The molecule has 0 bridgehead atoms. The van der Waals surface area contributed by atoms with Gasteiger partial charge in [-0.25, -0.2) is 4.79 Å². The maximum Gasteiger partial charge on any atom is 0.331 e. The van der Waals surface area contributed by atoms with Gasteiger partial charge in [0.1, 0.15) is 5.56 Å². The number of H-pyrrole nitrogens is 1. The summed E-state index contributed by atoms with van der Waals surface area (Å²) >= 11 is 0. The van der Waals surface area contributed by atoms with Crippen molar-refractivity contribution in [1.29, 1.82) is 0 Å². The van der Waals surface area contributed by atoms with Crippen LogP contribution in [0.1, 0.15) is 12.5 Å². The van der Waals surface area contributed by atoms with E-state index in [0.717, 1.165) is 21.0 Å². The molecular formula is C19H18N4O3. The molecule has 0 amide bonds. The van der Waals surface area contributed by atoms with E-state index in [0.29, 0.717) is 0 Å².